The maximum Gasteiger partial charge on any atom is 0.327 e. The fourth-order valence-corrected chi connectivity index (χ4v) is 1.33. The number of anilines is 2. The van der Waals surface area contributed by atoms with E-state index in [9.17, 15) is 19.8 Å². The lowest BCUT2D eigenvalue weighted by molar-refractivity contribution is -0.0715. The average Bonchev–Trinajstić information content (AvgIpc) is 2.38. The van der Waals surface area contributed by atoms with E-state index in [2.05, 4.69) is 10.3 Å². The highest BCUT2D eigenvalue weighted by molar-refractivity contribution is 5.58. The highest BCUT2D eigenvalue weighted by Crippen LogP contribution is 2.07. The van der Waals surface area contributed by atoms with Crippen LogP contribution in [0.15, 0.2) is 9.59 Å². The van der Waals surface area contributed by atoms with Gasteiger partial charge in [0.1, 0.15) is 23.7 Å². The molecule has 0 aliphatic carbocycles. The molecule has 0 aliphatic heterocycles. The first-order valence-electron chi connectivity index (χ1n) is 5.37. The van der Waals surface area contributed by atoms with Crippen molar-refractivity contribution in [3.63, 3.8) is 0 Å². The first-order chi connectivity index (χ1) is 8.86. The number of hydrogen-bond donors (Lipinski definition) is 8. The number of nitrogen functional groups attached to an aromatic ring is 1. The van der Waals surface area contributed by atoms with Gasteiger partial charge in [-0.15, -0.1) is 0 Å². The molecule has 0 saturated heterocycles. The Morgan fingerprint density at radius 2 is 1.79 bits per heavy atom. The summed E-state index contributed by atoms with van der Waals surface area (Å²) in [4.78, 5) is 26.3. The number of H-pyrrole nitrogens is 2. The Labute approximate surface area is 106 Å². The van der Waals surface area contributed by atoms with E-state index in [4.69, 9.17) is 15.9 Å². The number of rotatable bonds is 6. The minimum atomic E-state index is -1.59. The number of nitrogens with one attached hydrogen (secondary N) is 3. The minimum Gasteiger partial charge on any atom is -0.394 e. The van der Waals surface area contributed by atoms with Crippen LogP contribution in [0, 0.1) is 0 Å². The van der Waals surface area contributed by atoms with Gasteiger partial charge in [0.2, 0.25) is 0 Å². The van der Waals surface area contributed by atoms with Crippen molar-refractivity contribution in [2.45, 2.75) is 18.3 Å². The predicted molar refractivity (Wildman–Crippen MR) is 65.7 cm³/mol. The van der Waals surface area contributed by atoms with Gasteiger partial charge in [-0.25, -0.2) is 4.79 Å². The van der Waals surface area contributed by atoms with E-state index < -0.39 is 36.2 Å². The molecule has 0 unspecified atom stereocenters. The Kier molecular flexibility index (Phi) is 5.06. The molecule has 19 heavy (non-hydrogen) atoms. The first kappa shape index (κ1) is 15.2. The van der Waals surface area contributed by atoms with Crippen LogP contribution in [0.5, 0.6) is 0 Å². The summed E-state index contributed by atoms with van der Waals surface area (Å²) in [6, 6.07) is 0. The standard InChI is InChI=1S/C9H16N4O6/c10-5-7(12-9(19)13-8(5)18)11-1-3(15)6(17)4(16)2-14/h3-4,6,14-17H,1-2,10H2,(H3,11,12,13,18,19)/t3-,4+,6-/m0/s1/i5+1,7+1,8+1. The van der Waals surface area contributed by atoms with E-state index in [0.29, 0.717) is 0 Å². The molecular weight excluding hydrogens is 263 g/mol. The van der Waals surface area contributed by atoms with Crippen LogP contribution >= 0.6 is 0 Å². The number of aromatic nitrogens is 2. The lowest BCUT2D eigenvalue weighted by Crippen LogP contribution is -2.43. The van der Waals surface area contributed by atoms with Crippen molar-refractivity contribution >= 4 is 11.5 Å². The van der Waals surface area contributed by atoms with Gasteiger partial charge in [0.15, 0.2) is 0 Å². The van der Waals surface area contributed by atoms with Crippen molar-refractivity contribution in [1.29, 1.82) is 0 Å². The van der Waals surface area contributed by atoms with E-state index in [1.165, 1.54) is 0 Å². The quantitative estimate of drug-likeness (QED) is 0.260. The summed E-state index contributed by atoms with van der Waals surface area (Å²) in [5.74, 6) is -0.113. The Hall–Kier alpha value is -1.88. The third kappa shape index (κ3) is 3.79. The highest BCUT2D eigenvalue weighted by atomic mass is 16.4. The van der Waals surface area contributed by atoms with Crippen molar-refractivity contribution in [1.82, 2.24) is 9.97 Å². The van der Waals surface area contributed by atoms with Crippen molar-refractivity contribution in [2.75, 3.05) is 24.2 Å². The molecule has 1 rings (SSSR count). The molecule has 0 radical (unpaired) electrons. The molecule has 108 valence electrons. The third-order valence-electron chi connectivity index (χ3n) is 2.44. The number of aromatic amines is 2. The van der Waals surface area contributed by atoms with Crippen LogP contribution in [0.1, 0.15) is 0 Å². The van der Waals surface area contributed by atoms with Crippen LogP contribution in [0.4, 0.5) is 11.5 Å². The molecule has 0 aliphatic rings. The summed E-state index contributed by atoms with van der Waals surface area (Å²) < 4.78 is 0. The monoisotopic (exact) mass is 279 g/mol. The van der Waals surface area contributed by atoms with Crippen molar-refractivity contribution < 1.29 is 20.4 Å². The minimum absolute atomic E-state index is 0.113. The van der Waals surface area contributed by atoms with Gasteiger partial charge >= 0.3 is 5.69 Å². The molecule has 0 aromatic carbocycles. The van der Waals surface area contributed by atoms with E-state index in [1.54, 1.807) is 0 Å². The average molecular weight is 279 g/mol. The van der Waals surface area contributed by atoms with Gasteiger partial charge in [-0.05, 0) is 0 Å². The molecule has 0 fully saturated rings. The second-order valence-electron chi connectivity index (χ2n) is 3.89. The second kappa shape index (κ2) is 6.33. The maximum absolute atomic E-state index is 11.2. The Bertz CT molecular complexity index is 526. The summed E-state index contributed by atoms with van der Waals surface area (Å²) in [7, 11) is 0. The van der Waals surface area contributed by atoms with Crippen molar-refractivity contribution in [2.24, 2.45) is 0 Å². The molecule has 1 heterocycles. The van der Waals surface area contributed by atoms with Crippen LogP contribution in [0.25, 0.3) is 0 Å². The largest absolute Gasteiger partial charge is 0.394 e. The highest BCUT2D eigenvalue weighted by Gasteiger charge is 2.24. The molecule has 10 nitrogen and oxygen atoms in total. The molecule has 10 heteroatoms. The normalized spacial score (nSPS) is 15.8. The van der Waals surface area contributed by atoms with Crippen molar-refractivity contribution in [3.8, 4) is 0 Å². The lowest BCUT2D eigenvalue weighted by atomic mass is 10.1. The summed E-state index contributed by atoms with van der Waals surface area (Å²) in [5, 5.41) is 39.0. The smallest absolute Gasteiger partial charge is 0.327 e. The van der Waals surface area contributed by atoms with Gasteiger partial charge < -0.3 is 31.5 Å². The molecule has 0 spiro atoms. The number of aliphatic hydroxyl groups excluding tert-OH is 4. The van der Waals surface area contributed by atoms with Gasteiger partial charge in [-0.3, -0.25) is 14.8 Å². The number of nitrogens with two attached hydrogens (primary N) is 1. The van der Waals surface area contributed by atoms with Crippen LogP contribution in [0.2, 0.25) is 0 Å². The summed E-state index contributed by atoms with van der Waals surface area (Å²) >= 11 is 0. The summed E-state index contributed by atoms with van der Waals surface area (Å²) in [6.07, 6.45) is -4.54. The van der Waals surface area contributed by atoms with Crippen molar-refractivity contribution in [3.05, 3.63) is 20.8 Å². The molecule has 1 aromatic heterocycles. The van der Waals surface area contributed by atoms with Crippen LogP contribution in [-0.2, 0) is 0 Å². The second-order valence-corrected chi connectivity index (χ2v) is 3.89. The molecule has 0 saturated carbocycles. The molecule has 9 N–H and O–H groups in total. The number of aliphatic hydroxyl groups is 4. The molecular formula is C9H16N4O6. The molecule has 3 atom stereocenters. The van der Waals surface area contributed by atoms with Gasteiger partial charge in [-0.1, -0.05) is 0 Å². The predicted octanol–water partition coefficient (Wildman–Crippen LogP) is -3.87. The lowest BCUT2D eigenvalue weighted by Gasteiger charge is -2.22. The Morgan fingerprint density at radius 1 is 1.16 bits per heavy atom. The molecule has 0 bridgehead atoms. The Morgan fingerprint density at radius 3 is 2.37 bits per heavy atom. The van der Waals surface area contributed by atoms with Crippen LogP contribution < -0.4 is 22.3 Å². The number of hydrogen-bond acceptors (Lipinski definition) is 8. The van der Waals surface area contributed by atoms with E-state index in [-0.39, 0.29) is 18.1 Å². The SMILES string of the molecule is N[13c]1[13c](NC[C@H](O)[C@H](O)[C@H](O)CO)[nH]c(=O)[nH][13c]1=O. The van der Waals surface area contributed by atoms with Crippen LogP contribution in [0.3, 0.4) is 0 Å². The van der Waals surface area contributed by atoms with E-state index in [1.807, 2.05) is 4.98 Å². The zero-order valence-electron chi connectivity index (χ0n) is 9.83. The van der Waals surface area contributed by atoms with E-state index >= 15 is 0 Å². The zero-order chi connectivity index (χ0) is 14.6. The molecule has 0 amide bonds. The van der Waals surface area contributed by atoms with Gasteiger partial charge in [0.25, 0.3) is 5.56 Å². The third-order valence-corrected chi connectivity index (χ3v) is 2.44. The summed E-state index contributed by atoms with van der Waals surface area (Å²) in [6.45, 7) is -1.02. The fourth-order valence-electron chi connectivity index (χ4n) is 1.33. The van der Waals surface area contributed by atoms with E-state index in [0.717, 1.165) is 0 Å². The Balaban J connectivity index is 2.72. The maximum atomic E-state index is 11.2. The summed E-state index contributed by atoms with van der Waals surface area (Å²) in [5.41, 5.74) is 3.52. The first-order valence-corrected chi connectivity index (χ1v) is 5.37. The van der Waals surface area contributed by atoms with Crippen LogP contribution in [-0.4, -0.2) is 61.9 Å². The zero-order valence-corrected chi connectivity index (χ0v) is 9.83. The van der Waals surface area contributed by atoms with Gasteiger partial charge in [-0.2, -0.15) is 0 Å². The fraction of sp³-hybridized carbons (Fsp3) is 0.556. The van der Waals surface area contributed by atoms with Gasteiger partial charge in [0, 0.05) is 6.54 Å². The van der Waals surface area contributed by atoms with Gasteiger partial charge in [0.05, 0.1) is 12.7 Å². The molecule has 1 aromatic rings. The topological polar surface area (TPSA) is 185 Å².